The third kappa shape index (κ3) is 3.14. The fourth-order valence-corrected chi connectivity index (χ4v) is 3.47. The highest BCUT2D eigenvalue weighted by Crippen LogP contribution is 2.34. The zero-order chi connectivity index (χ0) is 17.3. The topological polar surface area (TPSA) is 85.8 Å². The monoisotopic (exact) mass is 343 g/mol. The molecule has 0 radical (unpaired) electrons. The summed E-state index contributed by atoms with van der Waals surface area (Å²) < 4.78 is 2.20. The molecule has 3 rings (SSSR count). The number of imidazole rings is 1. The lowest BCUT2D eigenvalue weighted by Crippen LogP contribution is -2.16. The number of hydrogen-bond acceptors (Lipinski definition) is 7. The van der Waals surface area contributed by atoms with E-state index in [1.54, 1.807) is 11.8 Å². The van der Waals surface area contributed by atoms with E-state index in [4.69, 9.17) is 10.7 Å². The standard InChI is InChI=1S/C16H21N7S/c1-5-23-12-9-7-6-8-11(12)18-16(23)24-10(2)13-19-14(17)21-15(20-13)22(3)4/h6-10H,5H2,1-4H3,(H2,17,19,20,21)/t10-/m0/s1. The van der Waals surface area contributed by atoms with Gasteiger partial charge >= 0.3 is 0 Å². The molecule has 2 N–H and O–H groups in total. The highest BCUT2D eigenvalue weighted by atomic mass is 32.2. The lowest BCUT2D eigenvalue weighted by molar-refractivity contribution is 0.699. The molecule has 2 heterocycles. The van der Waals surface area contributed by atoms with Crippen LogP contribution in [-0.4, -0.2) is 38.6 Å². The summed E-state index contributed by atoms with van der Waals surface area (Å²) in [5, 5.41) is 0.965. The highest BCUT2D eigenvalue weighted by Gasteiger charge is 2.18. The molecule has 0 saturated heterocycles. The second-order valence-corrected chi connectivity index (χ2v) is 6.94. The number of nitrogen functional groups attached to an aromatic ring is 1. The first-order valence-electron chi connectivity index (χ1n) is 7.80. The van der Waals surface area contributed by atoms with Crippen LogP contribution >= 0.6 is 11.8 Å². The van der Waals surface area contributed by atoms with Gasteiger partial charge in [-0.1, -0.05) is 23.9 Å². The fraction of sp³-hybridized carbons (Fsp3) is 0.375. The Kier molecular flexibility index (Phi) is 4.57. The highest BCUT2D eigenvalue weighted by molar-refractivity contribution is 7.99. The van der Waals surface area contributed by atoms with Crippen molar-refractivity contribution in [3.63, 3.8) is 0 Å². The van der Waals surface area contributed by atoms with Crippen molar-refractivity contribution < 1.29 is 0 Å². The average molecular weight is 343 g/mol. The predicted molar refractivity (Wildman–Crippen MR) is 98.2 cm³/mol. The maximum atomic E-state index is 5.83. The Morgan fingerprint density at radius 3 is 2.62 bits per heavy atom. The minimum absolute atomic E-state index is 0.0103. The first kappa shape index (κ1) is 16.5. The van der Waals surface area contributed by atoms with Gasteiger partial charge in [0.05, 0.1) is 16.3 Å². The molecule has 0 unspecified atom stereocenters. The normalized spacial score (nSPS) is 12.5. The van der Waals surface area contributed by atoms with Crippen molar-refractivity contribution in [2.45, 2.75) is 30.8 Å². The molecule has 3 aromatic rings. The van der Waals surface area contributed by atoms with Crippen LogP contribution < -0.4 is 10.6 Å². The second-order valence-electron chi connectivity index (χ2n) is 5.63. The van der Waals surface area contributed by atoms with Crippen LogP contribution in [0.3, 0.4) is 0 Å². The van der Waals surface area contributed by atoms with Crippen LogP contribution in [0.15, 0.2) is 29.4 Å². The SMILES string of the molecule is CCn1c(S[C@@H](C)c2nc(N)nc(N(C)C)n2)nc2ccccc21. The molecule has 0 saturated carbocycles. The summed E-state index contributed by atoms with van der Waals surface area (Å²) in [6.07, 6.45) is 0. The lowest BCUT2D eigenvalue weighted by Gasteiger charge is -2.15. The Morgan fingerprint density at radius 1 is 1.17 bits per heavy atom. The molecule has 0 aliphatic heterocycles. The Morgan fingerprint density at radius 2 is 1.92 bits per heavy atom. The molecular formula is C16H21N7S. The van der Waals surface area contributed by atoms with E-state index in [1.807, 2.05) is 37.2 Å². The molecule has 126 valence electrons. The number of nitrogens with two attached hydrogens (primary N) is 1. The lowest BCUT2D eigenvalue weighted by atomic mass is 10.3. The van der Waals surface area contributed by atoms with E-state index in [-0.39, 0.29) is 11.2 Å². The number of rotatable bonds is 5. The maximum Gasteiger partial charge on any atom is 0.229 e. The zero-order valence-electron chi connectivity index (χ0n) is 14.3. The largest absolute Gasteiger partial charge is 0.368 e. The Labute approximate surface area is 145 Å². The van der Waals surface area contributed by atoms with E-state index in [9.17, 15) is 0 Å². The van der Waals surface area contributed by atoms with Gasteiger partial charge in [0.2, 0.25) is 11.9 Å². The van der Waals surface area contributed by atoms with Gasteiger partial charge in [-0.15, -0.1) is 0 Å². The number of aryl methyl sites for hydroxylation is 1. The molecule has 0 aliphatic carbocycles. The van der Waals surface area contributed by atoms with E-state index >= 15 is 0 Å². The van der Waals surface area contributed by atoms with Crippen molar-refractivity contribution in [3.05, 3.63) is 30.1 Å². The van der Waals surface area contributed by atoms with Crippen LogP contribution in [-0.2, 0) is 6.54 Å². The Hall–Kier alpha value is -2.35. The molecule has 1 atom stereocenters. The van der Waals surface area contributed by atoms with Crippen LogP contribution in [0, 0.1) is 0 Å². The first-order chi connectivity index (χ1) is 11.5. The van der Waals surface area contributed by atoms with Gasteiger partial charge in [-0.25, -0.2) is 4.98 Å². The summed E-state index contributed by atoms with van der Waals surface area (Å²) in [6, 6.07) is 8.15. The molecule has 8 heteroatoms. The quantitative estimate of drug-likeness (QED) is 0.713. The third-order valence-electron chi connectivity index (χ3n) is 3.64. The molecule has 0 bridgehead atoms. The second kappa shape index (κ2) is 6.64. The summed E-state index contributed by atoms with van der Waals surface area (Å²) in [7, 11) is 3.76. The maximum absolute atomic E-state index is 5.83. The first-order valence-corrected chi connectivity index (χ1v) is 8.68. The van der Waals surface area contributed by atoms with Gasteiger partial charge < -0.3 is 15.2 Å². The summed E-state index contributed by atoms with van der Waals surface area (Å²) >= 11 is 1.63. The number of fused-ring (bicyclic) bond motifs is 1. The Bertz CT molecular complexity index is 859. The van der Waals surface area contributed by atoms with E-state index in [2.05, 4.69) is 39.4 Å². The summed E-state index contributed by atoms with van der Waals surface area (Å²) in [5.74, 6) is 1.46. The summed E-state index contributed by atoms with van der Waals surface area (Å²) in [5.41, 5.74) is 7.96. The minimum atomic E-state index is 0.0103. The van der Waals surface area contributed by atoms with Crippen molar-refractivity contribution in [1.82, 2.24) is 24.5 Å². The van der Waals surface area contributed by atoms with Gasteiger partial charge in [-0.05, 0) is 26.0 Å². The van der Waals surface area contributed by atoms with Crippen LogP contribution in [0.25, 0.3) is 11.0 Å². The number of hydrogen-bond donors (Lipinski definition) is 1. The number of benzene rings is 1. The minimum Gasteiger partial charge on any atom is -0.368 e. The number of para-hydroxylation sites is 2. The smallest absolute Gasteiger partial charge is 0.229 e. The average Bonchev–Trinajstić information content (AvgIpc) is 2.91. The summed E-state index contributed by atoms with van der Waals surface area (Å²) in [6.45, 7) is 5.03. The molecule has 0 amide bonds. The number of nitrogens with zero attached hydrogens (tertiary/aromatic N) is 6. The van der Waals surface area contributed by atoms with Crippen LogP contribution in [0.2, 0.25) is 0 Å². The van der Waals surface area contributed by atoms with Gasteiger partial charge in [0.25, 0.3) is 0 Å². The molecule has 0 spiro atoms. The number of aromatic nitrogens is 5. The van der Waals surface area contributed by atoms with Crippen LogP contribution in [0.4, 0.5) is 11.9 Å². The van der Waals surface area contributed by atoms with Gasteiger partial charge in [-0.2, -0.15) is 15.0 Å². The summed E-state index contributed by atoms with van der Waals surface area (Å²) in [4.78, 5) is 19.5. The molecule has 2 aromatic heterocycles. The van der Waals surface area contributed by atoms with Crippen molar-refractivity contribution in [3.8, 4) is 0 Å². The molecular weight excluding hydrogens is 322 g/mol. The van der Waals surface area contributed by atoms with E-state index in [0.29, 0.717) is 11.8 Å². The van der Waals surface area contributed by atoms with Crippen LogP contribution in [0.1, 0.15) is 24.9 Å². The van der Waals surface area contributed by atoms with Gasteiger partial charge in [0.15, 0.2) is 5.16 Å². The van der Waals surface area contributed by atoms with E-state index in [0.717, 1.165) is 22.7 Å². The molecule has 0 fully saturated rings. The molecule has 0 aliphatic rings. The van der Waals surface area contributed by atoms with Crippen molar-refractivity contribution in [2.75, 3.05) is 24.7 Å². The Balaban J connectivity index is 1.94. The van der Waals surface area contributed by atoms with E-state index < -0.39 is 0 Å². The fourth-order valence-electron chi connectivity index (χ4n) is 2.44. The zero-order valence-corrected chi connectivity index (χ0v) is 15.1. The van der Waals surface area contributed by atoms with E-state index in [1.165, 1.54) is 0 Å². The van der Waals surface area contributed by atoms with Gasteiger partial charge in [0.1, 0.15) is 5.82 Å². The van der Waals surface area contributed by atoms with Gasteiger partial charge in [0, 0.05) is 20.6 Å². The molecule has 24 heavy (non-hydrogen) atoms. The van der Waals surface area contributed by atoms with Crippen molar-refractivity contribution >= 4 is 34.7 Å². The molecule has 7 nitrogen and oxygen atoms in total. The van der Waals surface area contributed by atoms with Crippen molar-refractivity contribution in [1.29, 1.82) is 0 Å². The van der Waals surface area contributed by atoms with Gasteiger partial charge in [-0.3, -0.25) is 0 Å². The number of thioether (sulfide) groups is 1. The predicted octanol–water partition coefficient (Wildman–Crippen LogP) is 2.74. The van der Waals surface area contributed by atoms with Crippen molar-refractivity contribution in [2.24, 2.45) is 0 Å². The third-order valence-corrected chi connectivity index (χ3v) is 4.73. The van der Waals surface area contributed by atoms with Crippen LogP contribution in [0.5, 0.6) is 0 Å². The number of anilines is 2. The molecule has 1 aromatic carbocycles.